The molecule has 0 amide bonds. The number of rotatable bonds is 5. The Hall–Kier alpha value is -0.580. The average molecular weight is 356 g/mol. The molecule has 1 heterocycles. The number of halogens is 1. The standard InChI is InChI=1S/C17H26BrNO2/c1-12-8-9-14(21-12)11-20-16-13(6-5-7-15(16)18)10-19-17(2,3)4/h5-7,12,14,19H,8-11H2,1-4H3. The lowest BCUT2D eigenvalue weighted by atomic mass is 10.1. The first kappa shape index (κ1) is 16.8. The number of nitrogens with one attached hydrogen (secondary N) is 1. The summed E-state index contributed by atoms with van der Waals surface area (Å²) >= 11 is 3.60. The fraction of sp³-hybridized carbons (Fsp3) is 0.647. The second-order valence-electron chi connectivity index (χ2n) is 6.79. The molecule has 2 atom stereocenters. The molecule has 0 saturated carbocycles. The molecule has 4 heteroatoms. The summed E-state index contributed by atoms with van der Waals surface area (Å²) in [6.07, 6.45) is 2.79. The van der Waals surface area contributed by atoms with Gasteiger partial charge in [-0.2, -0.15) is 0 Å². The first-order valence-corrected chi connectivity index (χ1v) is 8.45. The highest BCUT2D eigenvalue weighted by Crippen LogP contribution is 2.30. The minimum atomic E-state index is 0.0869. The van der Waals surface area contributed by atoms with Crippen LogP contribution in [0.1, 0.15) is 46.1 Å². The molecule has 3 nitrogen and oxygen atoms in total. The lowest BCUT2D eigenvalue weighted by molar-refractivity contribution is 0.0260. The quantitative estimate of drug-likeness (QED) is 0.854. The van der Waals surface area contributed by atoms with Gasteiger partial charge < -0.3 is 14.8 Å². The van der Waals surface area contributed by atoms with Crippen LogP contribution in [0.15, 0.2) is 22.7 Å². The van der Waals surface area contributed by atoms with Crippen LogP contribution in [0.2, 0.25) is 0 Å². The highest BCUT2D eigenvalue weighted by atomic mass is 79.9. The Kier molecular flexibility index (Phi) is 5.69. The zero-order valence-electron chi connectivity index (χ0n) is 13.4. The highest BCUT2D eigenvalue weighted by molar-refractivity contribution is 9.10. The monoisotopic (exact) mass is 355 g/mol. The van der Waals surface area contributed by atoms with Crippen LogP contribution in [0.3, 0.4) is 0 Å². The second kappa shape index (κ2) is 7.12. The molecule has 2 rings (SSSR count). The van der Waals surface area contributed by atoms with E-state index in [1.807, 2.05) is 12.1 Å². The lowest BCUT2D eigenvalue weighted by Gasteiger charge is -2.22. The minimum Gasteiger partial charge on any atom is -0.489 e. The summed E-state index contributed by atoms with van der Waals surface area (Å²) in [7, 11) is 0. The van der Waals surface area contributed by atoms with Crippen molar-refractivity contribution in [2.24, 2.45) is 0 Å². The van der Waals surface area contributed by atoms with Gasteiger partial charge in [0.15, 0.2) is 0 Å². The van der Waals surface area contributed by atoms with Gasteiger partial charge in [-0.3, -0.25) is 0 Å². The molecular formula is C17H26BrNO2. The minimum absolute atomic E-state index is 0.0869. The van der Waals surface area contributed by atoms with E-state index in [4.69, 9.17) is 9.47 Å². The Morgan fingerprint density at radius 2 is 2.10 bits per heavy atom. The van der Waals surface area contributed by atoms with Gasteiger partial charge >= 0.3 is 0 Å². The smallest absolute Gasteiger partial charge is 0.138 e. The molecule has 2 unspecified atom stereocenters. The maximum Gasteiger partial charge on any atom is 0.138 e. The van der Waals surface area contributed by atoms with E-state index in [1.54, 1.807) is 0 Å². The van der Waals surface area contributed by atoms with Crippen LogP contribution < -0.4 is 10.1 Å². The summed E-state index contributed by atoms with van der Waals surface area (Å²) in [5.41, 5.74) is 1.26. The van der Waals surface area contributed by atoms with Gasteiger partial charge in [0.1, 0.15) is 12.4 Å². The molecule has 0 radical (unpaired) electrons. The van der Waals surface area contributed by atoms with Crippen molar-refractivity contribution in [1.29, 1.82) is 0 Å². The number of hydrogen-bond acceptors (Lipinski definition) is 3. The average Bonchev–Trinajstić information content (AvgIpc) is 2.80. The van der Waals surface area contributed by atoms with Gasteiger partial charge in [0, 0.05) is 17.6 Å². The maximum atomic E-state index is 6.05. The molecule has 1 aromatic carbocycles. The van der Waals surface area contributed by atoms with Crippen LogP contribution in [-0.2, 0) is 11.3 Å². The summed E-state index contributed by atoms with van der Waals surface area (Å²) in [5.74, 6) is 0.928. The summed E-state index contributed by atoms with van der Waals surface area (Å²) in [5, 5.41) is 3.51. The third kappa shape index (κ3) is 5.28. The number of para-hydroxylation sites is 1. The van der Waals surface area contributed by atoms with Gasteiger partial charge in [-0.25, -0.2) is 0 Å². The van der Waals surface area contributed by atoms with E-state index in [0.717, 1.165) is 29.6 Å². The van der Waals surface area contributed by atoms with E-state index in [-0.39, 0.29) is 11.6 Å². The van der Waals surface area contributed by atoms with Crippen molar-refractivity contribution in [1.82, 2.24) is 5.32 Å². The molecule has 0 aliphatic carbocycles. The van der Waals surface area contributed by atoms with Gasteiger partial charge in [0.25, 0.3) is 0 Å². The molecule has 1 aliphatic heterocycles. The molecule has 0 bridgehead atoms. The fourth-order valence-electron chi connectivity index (χ4n) is 2.40. The number of benzene rings is 1. The number of hydrogen-bond donors (Lipinski definition) is 1. The predicted molar refractivity (Wildman–Crippen MR) is 89.8 cm³/mol. The van der Waals surface area contributed by atoms with Crippen molar-refractivity contribution in [3.8, 4) is 5.75 Å². The van der Waals surface area contributed by atoms with E-state index >= 15 is 0 Å². The van der Waals surface area contributed by atoms with Crippen molar-refractivity contribution >= 4 is 15.9 Å². The number of ether oxygens (including phenoxy) is 2. The van der Waals surface area contributed by atoms with Crippen LogP contribution >= 0.6 is 15.9 Å². The first-order valence-electron chi connectivity index (χ1n) is 7.66. The Morgan fingerprint density at radius 1 is 1.33 bits per heavy atom. The molecule has 1 saturated heterocycles. The van der Waals surface area contributed by atoms with Crippen LogP contribution in [0.25, 0.3) is 0 Å². The van der Waals surface area contributed by atoms with Crippen LogP contribution in [0.4, 0.5) is 0 Å². The van der Waals surface area contributed by atoms with Gasteiger partial charge in [-0.15, -0.1) is 0 Å². The fourth-order valence-corrected chi connectivity index (χ4v) is 2.92. The van der Waals surface area contributed by atoms with Gasteiger partial charge in [0.05, 0.1) is 16.7 Å². The van der Waals surface area contributed by atoms with Gasteiger partial charge in [0.2, 0.25) is 0 Å². The van der Waals surface area contributed by atoms with Crippen molar-refractivity contribution in [3.63, 3.8) is 0 Å². The maximum absolute atomic E-state index is 6.05. The summed E-state index contributed by atoms with van der Waals surface area (Å²) in [6.45, 7) is 10.0. The summed E-state index contributed by atoms with van der Waals surface area (Å²) in [4.78, 5) is 0. The zero-order valence-corrected chi connectivity index (χ0v) is 15.0. The Balaban J connectivity index is 2.00. The van der Waals surface area contributed by atoms with Crippen LogP contribution in [0.5, 0.6) is 5.75 Å². The van der Waals surface area contributed by atoms with E-state index in [0.29, 0.717) is 12.7 Å². The molecule has 1 aromatic rings. The summed E-state index contributed by atoms with van der Waals surface area (Å²) < 4.78 is 12.9. The van der Waals surface area contributed by atoms with Crippen molar-refractivity contribution < 1.29 is 9.47 Å². The Labute approximate surface area is 136 Å². The SMILES string of the molecule is CC1CCC(COc2c(Br)cccc2CNC(C)(C)C)O1. The molecule has 0 spiro atoms. The second-order valence-corrected chi connectivity index (χ2v) is 7.64. The largest absolute Gasteiger partial charge is 0.489 e. The van der Waals surface area contributed by atoms with Crippen LogP contribution in [0, 0.1) is 0 Å². The van der Waals surface area contributed by atoms with E-state index in [1.165, 1.54) is 5.56 Å². The predicted octanol–water partition coefficient (Wildman–Crippen LogP) is 4.28. The zero-order chi connectivity index (χ0) is 15.5. The first-order chi connectivity index (χ1) is 9.85. The normalized spacial score (nSPS) is 22.5. The molecule has 1 aliphatic rings. The van der Waals surface area contributed by atoms with Crippen molar-refractivity contribution in [3.05, 3.63) is 28.2 Å². The molecule has 21 heavy (non-hydrogen) atoms. The molecule has 1 fully saturated rings. The van der Waals surface area contributed by atoms with Gasteiger partial charge in [-0.05, 0) is 62.5 Å². The Morgan fingerprint density at radius 3 is 2.71 bits per heavy atom. The van der Waals surface area contributed by atoms with Gasteiger partial charge in [-0.1, -0.05) is 12.1 Å². The van der Waals surface area contributed by atoms with Crippen molar-refractivity contribution in [2.45, 2.75) is 64.8 Å². The third-order valence-electron chi connectivity index (χ3n) is 3.59. The van der Waals surface area contributed by atoms with Crippen LogP contribution in [-0.4, -0.2) is 24.4 Å². The summed E-state index contributed by atoms with van der Waals surface area (Å²) in [6, 6.07) is 6.18. The van der Waals surface area contributed by atoms with Crippen molar-refractivity contribution in [2.75, 3.05) is 6.61 Å². The molecule has 0 aromatic heterocycles. The topological polar surface area (TPSA) is 30.5 Å². The highest BCUT2D eigenvalue weighted by Gasteiger charge is 2.23. The van der Waals surface area contributed by atoms with E-state index < -0.39 is 0 Å². The molecule has 118 valence electrons. The Bertz CT molecular complexity index is 470. The lowest BCUT2D eigenvalue weighted by Crippen LogP contribution is -2.35. The molecule has 1 N–H and O–H groups in total. The molecular weight excluding hydrogens is 330 g/mol. The third-order valence-corrected chi connectivity index (χ3v) is 4.22. The van der Waals surface area contributed by atoms with E-state index in [9.17, 15) is 0 Å². The van der Waals surface area contributed by atoms with E-state index in [2.05, 4.69) is 55.0 Å².